The summed E-state index contributed by atoms with van der Waals surface area (Å²) in [5.74, 6) is -1.09. The molecule has 2 aromatic carbocycles. The third-order valence-corrected chi connectivity index (χ3v) is 5.48. The van der Waals surface area contributed by atoms with E-state index in [0.717, 1.165) is 16.8 Å². The third kappa shape index (κ3) is 5.20. The minimum atomic E-state index is -0.474. The van der Waals surface area contributed by atoms with Crippen LogP contribution in [0.2, 0.25) is 0 Å². The molecule has 2 N–H and O–H groups in total. The highest BCUT2D eigenvalue weighted by Crippen LogP contribution is 2.27. The Bertz CT molecular complexity index is 1050. The Kier molecular flexibility index (Phi) is 6.29. The average Bonchev–Trinajstić information content (AvgIpc) is 3.06. The molecule has 0 unspecified atom stereocenters. The lowest BCUT2D eigenvalue weighted by Gasteiger charge is -2.13. The van der Waals surface area contributed by atoms with Crippen molar-refractivity contribution in [2.75, 3.05) is 24.3 Å². The number of amides is 2. The molecule has 1 aromatic heterocycles. The fourth-order valence-corrected chi connectivity index (χ4v) is 3.77. The summed E-state index contributed by atoms with van der Waals surface area (Å²) in [7, 11) is 3.93. The van der Waals surface area contributed by atoms with E-state index in [0.29, 0.717) is 16.4 Å². The van der Waals surface area contributed by atoms with Crippen LogP contribution in [0, 0.1) is 12.7 Å². The van der Waals surface area contributed by atoms with Gasteiger partial charge in [-0.15, -0.1) is 11.3 Å². The normalized spacial score (nSPS) is 10.5. The molecule has 1 heterocycles. The molecule has 0 bridgehead atoms. The number of hydrogen-bond acceptors (Lipinski definition) is 4. The van der Waals surface area contributed by atoms with Gasteiger partial charge in [0, 0.05) is 31.9 Å². The molecule has 0 aliphatic rings. The van der Waals surface area contributed by atoms with Gasteiger partial charge in [0.1, 0.15) is 5.82 Å². The maximum atomic E-state index is 13.3. The summed E-state index contributed by atoms with van der Waals surface area (Å²) < 4.78 is 13.3. The molecular weight excluding hydrogens is 389 g/mol. The highest BCUT2D eigenvalue weighted by Gasteiger charge is 2.16. The lowest BCUT2D eigenvalue weighted by atomic mass is 10.2. The summed E-state index contributed by atoms with van der Waals surface area (Å²) in [6.45, 7) is 2.22. The molecule has 0 fully saturated rings. The predicted octanol–water partition coefficient (Wildman–Crippen LogP) is 4.44. The van der Waals surface area contributed by atoms with Gasteiger partial charge in [0.25, 0.3) is 11.8 Å². The van der Waals surface area contributed by atoms with Crippen LogP contribution >= 0.6 is 11.3 Å². The molecule has 0 aliphatic carbocycles. The Morgan fingerprint density at radius 3 is 2.52 bits per heavy atom. The van der Waals surface area contributed by atoms with Crippen LogP contribution in [0.4, 0.5) is 15.1 Å². The Morgan fingerprint density at radius 1 is 1.03 bits per heavy atom. The molecule has 5 nitrogen and oxygen atoms in total. The monoisotopic (exact) mass is 411 g/mol. The zero-order valence-corrected chi connectivity index (χ0v) is 17.3. The fraction of sp³-hybridized carbons (Fsp3) is 0.182. The molecule has 3 aromatic rings. The van der Waals surface area contributed by atoms with Gasteiger partial charge >= 0.3 is 0 Å². The quantitative estimate of drug-likeness (QED) is 0.630. The van der Waals surface area contributed by atoms with E-state index in [1.54, 1.807) is 6.07 Å². The summed E-state index contributed by atoms with van der Waals surface area (Å²) in [6.07, 6.45) is 0. The maximum Gasteiger partial charge on any atom is 0.261 e. The average molecular weight is 412 g/mol. The van der Waals surface area contributed by atoms with Crippen molar-refractivity contribution < 1.29 is 14.0 Å². The summed E-state index contributed by atoms with van der Waals surface area (Å²) in [5, 5.41) is 6.18. The van der Waals surface area contributed by atoms with Gasteiger partial charge in [-0.2, -0.15) is 0 Å². The molecule has 2 amide bonds. The van der Waals surface area contributed by atoms with Crippen molar-refractivity contribution in [3.05, 3.63) is 82.0 Å². The van der Waals surface area contributed by atoms with E-state index in [9.17, 15) is 14.0 Å². The highest BCUT2D eigenvalue weighted by atomic mass is 32.1. The molecule has 0 saturated heterocycles. The number of anilines is 2. The predicted molar refractivity (Wildman–Crippen MR) is 115 cm³/mol. The molecule has 0 aliphatic heterocycles. The summed E-state index contributed by atoms with van der Waals surface area (Å²) >= 11 is 1.19. The second kappa shape index (κ2) is 8.87. The fourth-order valence-electron chi connectivity index (χ4n) is 2.79. The number of benzene rings is 2. The molecule has 0 saturated carbocycles. The first-order valence-electron chi connectivity index (χ1n) is 9.05. The minimum absolute atomic E-state index is 0.200. The lowest BCUT2D eigenvalue weighted by molar-refractivity contribution is 0.0953. The third-order valence-electron chi connectivity index (χ3n) is 4.33. The van der Waals surface area contributed by atoms with Crippen molar-refractivity contribution in [3.8, 4) is 0 Å². The number of halogens is 1. The van der Waals surface area contributed by atoms with Crippen LogP contribution in [0.5, 0.6) is 0 Å². The Morgan fingerprint density at radius 2 is 1.79 bits per heavy atom. The number of thiophene rings is 1. The summed E-state index contributed by atoms with van der Waals surface area (Å²) in [5.41, 5.74) is 3.05. The van der Waals surface area contributed by atoms with Gasteiger partial charge in [0.05, 0.1) is 9.88 Å². The SMILES string of the molecule is Cc1cc(NC(=O)c2cccc(F)c2)sc1C(=O)NCc1cccc(N(C)C)c1. The number of carbonyl (C=O) groups excluding carboxylic acids is 2. The van der Waals surface area contributed by atoms with Crippen molar-refractivity contribution in [1.82, 2.24) is 5.32 Å². The molecular formula is C22H22FN3O2S. The zero-order valence-electron chi connectivity index (χ0n) is 16.5. The number of hydrogen-bond donors (Lipinski definition) is 2. The summed E-state index contributed by atoms with van der Waals surface area (Å²) in [6, 6.07) is 15.1. The van der Waals surface area contributed by atoms with Gasteiger partial charge in [-0.3, -0.25) is 9.59 Å². The maximum absolute atomic E-state index is 13.3. The number of nitrogens with zero attached hydrogens (tertiary/aromatic N) is 1. The molecule has 150 valence electrons. The van der Waals surface area contributed by atoms with E-state index < -0.39 is 11.7 Å². The molecule has 0 radical (unpaired) electrons. The molecule has 29 heavy (non-hydrogen) atoms. The second-order valence-corrected chi connectivity index (χ2v) is 7.89. The number of aryl methyl sites for hydroxylation is 1. The first-order valence-corrected chi connectivity index (χ1v) is 9.87. The number of nitrogens with one attached hydrogen (secondary N) is 2. The van der Waals surface area contributed by atoms with E-state index in [4.69, 9.17) is 0 Å². The van der Waals surface area contributed by atoms with Gasteiger partial charge in [-0.1, -0.05) is 18.2 Å². The minimum Gasteiger partial charge on any atom is -0.378 e. The van der Waals surface area contributed by atoms with Crippen LogP contribution in [0.25, 0.3) is 0 Å². The Hall–Kier alpha value is -3.19. The van der Waals surface area contributed by atoms with Crippen LogP contribution in [-0.4, -0.2) is 25.9 Å². The van der Waals surface area contributed by atoms with Gasteiger partial charge < -0.3 is 15.5 Å². The van der Waals surface area contributed by atoms with Gasteiger partial charge in [0.2, 0.25) is 0 Å². The standard InChI is InChI=1S/C22H22FN3O2S/c1-14-10-19(25-21(27)16-7-5-8-17(23)12-16)29-20(14)22(28)24-13-15-6-4-9-18(11-15)26(2)3/h4-12H,13H2,1-3H3,(H,24,28)(H,25,27). The van der Waals surface area contributed by atoms with E-state index in [-0.39, 0.29) is 11.5 Å². The van der Waals surface area contributed by atoms with Crippen LogP contribution in [0.15, 0.2) is 54.6 Å². The number of rotatable bonds is 6. The van der Waals surface area contributed by atoms with E-state index >= 15 is 0 Å². The lowest BCUT2D eigenvalue weighted by Crippen LogP contribution is -2.22. The Labute approximate surface area is 173 Å². The zero-order chi connectivity index (χ0) is 21.0. The highest BCUT2D eigenvalue weighted by molar-refractivity contribution is 7.18. The van der Waals surface area contributed by atoms with Crippen LogP contribution in [0.3, 0.4) is 0 Å². The largest absolute Gasteiger partial charge is 0.378 e. The van der Waals surface area contributed by atoms with E-state index in [1.165, 1.54) is 35.6 Å². The van der Waals surface area contributed by atoms with Gasteiger partial charge in [0.15, 0.2) is 0 Å². The van der Waals surface area contributed by atoms with Crippen LogP contribution < -0.4 is 15.5 Å². The second-order valence-electron chi connectivity index (χ2n) is 6.83. The van der Waals surface area contributed by atoms with Crippen molar-refractivity contribution in [3.63, 3.8) is 0 Å². The molecule has 3 rings (SSSR count). The topological polar surface area (TPSA) is 61.4 Å². The van der Waals surface area contributed by atoms with Crippen molar-refractivity contribution in [2.45, 2.75) is 13.5 Å². The van der Waals surface area contributed by atoms with Gasteiger partial charge in [-0.05, 0) is 54.4 Å². The molecule has 0 spiro atoms. The van der Waals surface area contributed by atoms with Crippen molar-refractivity contribution in [2.24, 2.45) is 0 Å². The molecule has 7 heteroatoms. The van der Waals surface area contributed by atoms with Crippen LogP contribution in [0.1, 0.15) is 31.2 Å². The van der Waals surface area contributed by atoms with E-state index in [1.807, 2.05) is 50.2 Å². The first-order chi connectivity index (χ1) is 13.8. The summed E-state index contributed by atoms with van der Waals surface area (Å²) in [4.78, 5) is 27.4. The van der Waals surface area contributed by atoms with Crippen molar-refractivity contribution in [1.29, 1.82) is 0 Å². The van der Waals surface area contributed by atoms with Crippen LogP contribution in [-0.2, 0) is 6.54 Å². The molecule has 0 atom stereocenters. The van der Waals surface area contributed by atoms with Gasteiger partial charge in [-0.25, -0.2) is 4.39 Å². The number of carbonyl (C=O) groups is 2. The first kappa shape index (κ1) is 20.5. The van der Waals surface area contributed by atoms with Crippen molar-refractivity contribution >= 4 is 33.8 Å². The van der Waals surface area contributed by atoms with E-state index in [2.05, 4.69) is 10.6 Å². The smallest absolute Gasteiger partial charge is 0.261 e. The Balaban J connectivity index is 1.65.